The molecule has 1 heterocycles. The van der Waals surface area contributed by atoms with Crippen LogP contribution in [-0.4, -0.2) is 20.1 Å². The molecule has 1 aromatic carbocycles. The lowest BCUT2D eigenvalue weighted by molar-refractivity contribution is 0.102. The molecule has 5 nitrogen and oxygen atoms in total. The van der Waals surface area contributed by atoms with Crippen LogP contribution in [0.1, 0.15) is 21.9 Å². The van der Waals surface area contributed by atoms with Crippen LogP contribution in [0.3, 0.4) is 0 Å². The Balaban J connectivity index is 2.39. The number of carbonyl (C=O) groups is 1. The van der Waals surface area contributed by atoms with Gasteiger partial charge in [-0.05, 0) is 32.0 Å². The van der Waals surface area contributed by atoms with Crippen LogP contribution in [0.25, 0.3) is 0 Å². The van der Waals surface area contributed by atoms with Crippen molar-refractivity contribution in [2.75, 3.05) is 5.32 Å². The molecule has 22 heavy (non-hydrogen) atoms. The molecule has 0 saturated heterocycles. The van der Waals surface area contributed by atoms with Gasteiger partial charge in [-0.2, -0.15) is 8.78 Å². The second-order valence-corrected chi connectivity index (χ2v) is 6.47. The van der Waals surface area contributed by atoms with Crippen LogP contribution in [0.2, 0.25) is 0 Å². The van der Waals surface area contributed by atoms with E-state index in [0.717, 1.165) is 6.07 Å². The normalized spacial score (nSPS) is 11.7. The topological polar surface area (TPSA) is 76.4 Å². The van der Waals surface area contributed by atoms with E-state index in [-0.39, 0.29) is 11.3 Å². The zero-order valence-electron chi connectivity index (χ0n) is 11.8. The van der Waals surface area contributed by atoms with E-state index >= 15 is 0 Å². The third-order valence-electron chi connectivity index (χ3n) is 2.96. The van der Waals surface area contributed by atoms with Crippen LogP contribution in [0.5, 0.6) is 0 Å². The van der Waals surface area contributed by atoms with Gasteiger partial charge < -0.3 is 9.73 Å². The van der Waals surface area contributed by atoms with Crippen molar-refractivity contribution < 1.29 is 26.4 Å². The molecule has 8 heteroatoms. The van der Waals surface area contributed by atoms with Crippen LogP contribution >= 0.6 is 0 Å². The number of rotatable bonds is 4. The Kier molecular flexibility index (Phi) is 4.32. The first-order chi connectivity index (χ1) is 10.2. The first kappa shape index (κ1) is 16.2. The molecule has 1 amide bonds. The average molecular weight is 329 g/mol. The highest BCUT2D eigenvalue weighted by molar-refractivity contribution is 7.91. The van der Waals surface area contributed by atoms with Gasteiger partial charge >= 0.3 is 5.76 Å². The first-order valence-electron chi connectivity index (χ1n) is 6.23. The van der Waals surface area contributed by atoms with Gasteiger partial charge in [0.05, 0.1) is 16.1 Å². The Hall–Kier alpha value is -2.22. The summed E-state index contributed by atoms with van der Waals surface area (Å²) in [5.74, 6) is -3.34. The van der Waals surface area contributed by atoms with Crippen LogP contribution in [-0.2, 0) is 9.84 Å². The van der Waals surface area contributed by atoms with Crippen molar-refractivity contribution in [1.82, 2.24) is 0 Å². The highest BCUT2D eigenvalue weighted by atomic mass is 32.2. The van der Waals surface area contributed by atoms with E-state index in [9.17, 15) is 22.0 Å². The van der Waals surface area contributed by atoms with Crippen LogP contribution in [0.4, 0.5) is 14.5 Å². The van der Waals surface area contributed by atoms with Gasteiger partial charge in [0.25, 0.3) is 5.91 Å². The highest BCUT2D eigenvalue weighted by Gasteiger charge is 2.29. The SMILES string of the molecule is Cc1cc(C(=O)Nc2ccccc2S(=O)(=O)C(F)F)c(C)o1. The summed E-state index contributed by atoms with van der Waals surface area (Å²) in [5.41, 5.74) is 0.00722. The molecule has 0 aliphatic carbocycles. The van der Waals surface area contributed by atoms with E-state index in [1.165, 1.54) is 24.3 Å². The van der Waals surface area contributed by atoms with E-state index in [2.05, 4.69) is 5.32 Å². The van der Waals surface area contributed by atoms with E-state index in [1.807, 2.05) is 0 Å². The van der Waals surface area contributed by atoms with Gasteiger partial charge in [-0.1, -0.05) is 12.1 Å². The van der Waals surface area contributed by atoms with Crippen molar-refractivity contribution in [2.24, 2.45) is 0 Å². The molecule has 0 atom stereocenters. The summed E-state index contributed by atoms with van der Waals surface area (Å²) < 4.78 is 53.8. The summed E-state index contributed by atoms with van der Waals surface area (Å²) in [6.07, 6.45) is 0. The summed E-state index contributed by atoms with van der Waals surface area (Å²) in [6.45, 7) is 3.22. The summed E-state index contributed by atoms with van der Waals surface area (Å²) in [5, 5.41) is 2.33. The quantitative estimate of drug-likeness (QED) is 0.935. The zero-order chi connectivity index (χ0) is 16.5. The summed E-state index contributed by atoms with van der Waals surface area (Å²) in [6, 6.07) is 6.49. The molecule has 0 spiro atoms. The van der Waals surface area contributed by atoms with E-state index in [4.69, 9.17) is 4.42 Å². The molecule has 0 aliphatic rings. The average Bonchev–Trinajstić information content (AvgIpc) is 2.78. The maximum absolute atomic E-state index is 12.7. The lowest BCUT2D eigenvalue weighted by Crippen LogP contribution is -2.18. The van der Waals surface area contributed by atoms with E-state index in [1.54, 1.807) is 13.8 Å². The molecule has 118 valence electrons. The Labute approximate surface area is 125 Å². The number of furan rings is 1. The number of sulfone groups is 1. The van der Waals surface area contributed by atoms with Crippen molar-refractivity contribution >= 4 is 21.4 Å². The maximum atomic E-state index is 12.7. The number of halogens is 2. The molecular weight excluding hydrogens is 316 g/mol. The minimum absolute atomic E-state index is 0.203. The largest absolute Gasteiger partial charge is 0.466 e. The molecule has 0 fully saturated rings. The van der Waals surface area contributed by atoms with Crippen LogP contribution in [0.15, 0.2) is 39.6 Å². The van der Waals surface area contributed by atoms with Crippen molar-refractivity contribution in [3.05, 3.63) is 47.4 Å². The minimum Gasteiger partial charge on any atom is -0.466 e. The van der Waals surface area contributed by atoms with Gasteiger partial charge in [0, 0.05) is 0 Å². The predicted molar refractivity (Wildman–Crippen MR) is 75.8 cm³/mol. The lowest BCUT2D eigenvalue weighted by Gasteiger charge is -2.10. The van der Waals surface area contributed by atoms with Crippen LogP contribution in [0, 0.1) is 13.8 Å². The number of hydrogen-bond acceptors (Lipinski definition) is 4. The molecule has 2 rings (SSSR count). The third kappa shape index (κ3) is 3.01. The summed E-state index contributed by atoms with van der Waals surface area (Å²) in [4.78, 5) is 11.5. The number of nitrogens with one attached hydrogen (secondary N) is 1. The number of aryl methyl sites for hydroxylation is 2. The van der Waals surface area contributed by atoms with Crippen molar-refractivity contribution in [2.45, 2.75) is 24.5 Å². The predicted octanol–water partition coefficient (Wildman–Crippen LogP) is 3.15. The fraction of sp³-hybridized carbons (Fsp3) is 0.214. The van der Waals surface area contributed by atoms with E-state index in [0.29, 0.717) is 11.5 Å². The number of amides is 1. The number of carbonyl (C=O) groups excluding carboxylic acids is 1. The molecular formula is C14H13F2NO4S. The van der Waals surface area contributed by atoms with Gasteiger partial charge in [-0.3, -0.25) is 4.79 Å². The number of alkyl halides is 2. The molecule has 0 radical (unpaired) electrons. The van der Waals surface area contributed by atoms with Gasteiger partial charge in [0.1, 0.15) is 11.5 Å². The molecule has 1 N–H and O–H groups in total. The number of para-hydroxylation sites is 1. The second kappa shape index (κ2) is 5.88. The Morgan fingerprint density at radius 2 is 1.86 bits per heavy atom. The van der Waals surface area contributed by atoms with Gasteiger partial charge in [-0.15, -0.1) is 0 Å². The van der Waals surface area contributed by atoms with Crippen molar-refractivity contribution in [1.29, 1.82) is 0 Å². The fourth-order valence-corrected chi connectivity index (χ4v) is 2.85. The molecule has 2 aromatic rings. The monoisotopic (exact) mass is 329 g/mol. The minimum atomic E-state index is -4.81. The Morgan fingerprint density at radius 1 is 1.23 bits per heavy atom. The zero-order valence-corrected chi connectivity index (χ0v) is 12.6. The van der Waals surface area contributed by atoms with Gasteiger partial charge in [0.15, 0.2) is 0 Å². The van der Waals surface area contributed by atoms with Crippen LogP contribution < -0.4 is 5.32 Å². The highest BCUT2D eigenvalue weighted by Crippen LogP contribution is 2.27. The molecule has 0 saturated carbocycles. The molecule has 0 unspecified atom stereocenters. The summed E-state index contributed by atoms with van der Waals surface area (Å²) in [7, 11) is -4.81. The lowest BCUT2D eigenvalue weighted by atomic mass is 10.2. The maximum Gasteiger partial charge on any atom is 0.341 e. The third-order valence-corrected chi connectivity index (χ3v) is 4.40. The number of benzene rings is 1. The first-order valence-corrected chi connectivity index (χ1v) is 7.77. The number of hydrogen-bond donors (Lipinski definition) is 1. The smallest absolute Gasteiger partial charge is 0.341 e. The molecule has 1 aromatic heterocycles. The van der Waals surface area contributed by atoms with Crippen molar-refractivity contribution in [3.63, 3.8) is 0 Å². The Bertz CT molecular complexity index is 812. The fourth-order valence-electron chi connectivity index (χ4n) is 1.96. The standard InChI is InChI=1S/C14H13F2NO4S/c1-8-7-10(9(2)21-8)13(18)17-11-5-3-4-6-12(11)22(19,20)14(15)16/h3-7,14H,1-2H3,(H,17,18). The van der Waals surface area contributed by atoms with E-state index < -0.39 is 26.4 Å². The molecule has 0 bridgehead atoms. The second-order valence-electron chi connectivity index (χ2n) is 4.58. The summed E-state index contributed by atoms with van der Waals surface area (Å²) >= 11 is 0. The molecule has 0 aliphatic heterocycles. The Morgan fingerprint density at radius 3 is 2.41 bits per heavy atom. The van der Waals surface area contributed by atoms with Gasteiger partial charge in [0.2, 0.25) is 9.84 Å². The van der Waals surface area contributed by atoms with Crippen molar-refractivity contribution in [3.8, 4) is 0 Å². The van der Waals surface area contributed by atoms with Gasteiger partial charge in [-0.25, -0.2) is 8.42 Å². The number of anilines is 1.